The van der Waals surface area contributed by atoms with Crippen LogP contribution in [0, 0.1) is 6.92 Å². The zero-order valence-electron chi connectivity index (χ0n) is 12.8. The van der Waals surface area contributed by atoms with Crippen LogP contribution < -0.4 is 10.6 Å². The first-order chi connectivity index (χ1) is 9.32. The van der Waals surface area contributed by atoms with Gasteiger partial charge in [-0.1, -0.05) is 0 Å². The zero-order chi connectivity index (χ0) is 15.2. The minimum absolute atomic E-state index is 0.170. The molecule has 0 aliphatic heterocycles. The van der Waals surface area contributed by atoms with Gasteiger partial charge >= 0.3 is 0 Å². The normalized spacial score (nSPS) is 14.2. The van der Waals surface area contributed by atoms with Crippen LogP contribution in [-0.4, -0.2) is 39.2 Å². The Hall–Kier alpha value is -0.950. The molecule has 0 bridgehead atoms. The predicted molar refractivity (Wildman–Crippen MR) is 87.8 cm³/mol. The van der Waals surface area contributed by atoms with E-state index in [9.17, 15) is 4.21 Å². The Morgan fingerprint density at radius 1 is 1.45 bits per heavy atom. The number of aryl methyl sites for hydroxylation is 1. The highest BCUT2D eigenvalue weighted by molar-refractivity contribution is 7.86. The van der Waals surface area contributed by atoms with Crippen molar-refractivity contribution in [3.05, 3.63) is 16.1 Å². The Kier molecular flexibility index (Phi) is 6.61. The maximum atomic E-state index is 11.9. The molecule has 0 fully saturated rings. The molecular weight excluding hydrogens is 292 g/mol. The molecule has 1 unspecified atom stereocenters. The van der Waals surface area contributed by atoms with Crippen molar-refractivity contribution in [2.24, 2.45) is 4.99 Å². The maximum absolute atomic E-state index is 11.9. The molecule has 1 aromatic rings. The summed E-state index contributed by atoms with van der Waals surface area (Å²) in [5, 5.41) is 7.40. The summed E-state index contributed by atoms with van der Waals surface area (Å²) in [6, 6.07) is 0. The minimum Gasteiger partial charge on any atom is -0.355 e. The Morgan fingerprint density at radius 3 is 2.65 bits per heavy atom. The van der Waals surface area contributed by atoms with Gasteiger partial charge in [0.1, 0.15) is 5.01 Å². The van der Waals surface area contributed by atoms with Crippen molar-refractivity contribution in [1.29, 1.82) is 0 Å². The Morgan fingerprint density at radius 2 is 2.15 bits per heavy atom. The van der Waals surface area contributed by atoms with Crippen molar-refractivity contribution in [3.63, 3.8) is 0 Å². The third-order valence-corrected chi connectivity index (χ3v) is 5.42. The molecule has 0 aromatic carbocycles. The molecule has 114 valence electrons. The standard InChI is InChI=1S/C13H24N4OS2/c1-10-8-16-11(19-10)9-17-12(14-5)15-6-7-20(18)13(2,3)4/h8H,6-7,9H2,1-5H3,(H2,14,15,17). The zero-order valence-corrected chi connectivity index (χ0v) is 14.5. The molecule has 20 heavy (non-hydrogen) atoms. The second kappa shape index (κ2) is 7.73. The Bertz CT molecular complexity index is 477. The van der Waals surface area contributed by atoms with E-state index in [1.54, 1.807) is 18.4 Å². The third kappa shape index (κ3) is 6.00. The first-order valence-corrected chi connectivity index (χ1v) is 8.71. The molecule has 1 atom stereocenters. The minimum atomic E-state index is -0.848. The Balaban J connectivity index is 2.32. The van der Waals surface area contributed by atoms with E-state index in [1.807, 2.05) is 33.9 Å². The number of nitrogens with one attached hydrogen (secondary N) is 2. The molecule has 5 nitrogen and oxygen atoms in total. The van der Waals surface area contributed by atoms with E-state index in [0.717, 1.165) is 5.01 Å². The van der Waals surface area contributed by atoms with Crippen molar-refractivity contribution in [3.8, 4) is 0 Å². The van der Waals surface area contributed by atoms with Crippen LogP contribution >= 0.6 is 11.3 Å². The average molecular weight is 316 g/mol. The Labute approximate surface area is 127 Å². The predicted octanol–water partition coefficient (Wildman–Crippen LogP) is 1.66. The van der Waals surface area contributed by atoms with Gasteiger partial charge in [0.15, 0.2) is 5.96 Å². The smallest absolute Gasteiger partial charge is 0.191 e. The average Bonchev–Trinajstić information content (AvgIpc) is 2.78. The maximum Gasteiger partial charge on any atom is 0.191 e. The SMILES string of the molecule is CN=C(NCCS(=O)C(C)(C)C)NCc1ncc(C)s1. The summed E-state index contributed by atoms with van der Waals surface area (Å²) in [4.78, 5) is 9.63. The summed E-state index contributed by atoms with van der Waals surface area (Å²) in [5.41, 5.74) is 0. The number of hydrogen-bond donors (Lipinski definition) is 2. The molecule has 0 radical (unpaired) electrons. The number of aromatic nitrogens is 1. The van der Waals surface area contributed by atoms with Crippen LogP contribution in [-0.2, 0) is 17.3 Å². The van der Waals surface area contributed by atoms with Gasteiger partial charge in [0.2, 0.25) is 0 Å². The van der Waals surface area contributed by atoms with Crippen molar-refractivity contribution in [2.75, 3.05) is 19.3 Å². The van der Waals surface area contributed by atoms with Crippen molar-refractivity contribution >= 4 is 28.1 Å². The van der Waals surface area contributed by atoms with Gasteiger partial charge in [-0.05, 0) is 27.7 Å². The molecule has 7 heteroatoms. The molecule has 1 aromatic heterocycles. The van der Waals surface area contributed by atoms with Gasteiger partial charge in [-0.25, -0.2) is 4.98 Å². The number of nitrogens with zero attached hydrogens (tertiary/aromatic N) is 2. The van der Waals surface area contributed by atoms with E-state index in [2.05, 4.69) is 20.6 Å². The number of guanidine groups is 1. The van der Waals surface area contributed by atoms with Crippen LogP contribution in [0.1, 0.15) is 30.7 Å². The van der Waals surface area contributed by atoms with Gasteiger partial charge < -0.3 is 10.6 Å². The lowest BCUT2D eigenvalue weighted by atomic mass is 10.3. The molecule has 2 N–H and O–H groups in total. The van der Waals surface area contributed by atoms with Gasteiger partial charge in [-0.2, -0.15) is 0 Å². The lowest BCUT2D eigenvalue weighted by Crippen LogP contribution is -2.40. The molecular formula is C13H24N4OS2. The van der Waals surface area contributed by atoms with Crippen molar-refractivity contribution < 1.29 is 4.21 Å². The van der Waals surface area contributed by atoms with E-state index in [0.29, 0.717) is 24.8 Å². The molecule has 0 saturated heterocycles. The van der Waals surface area contributed by atoms with Gasteiger partial charge in [0.25, 0.3) is 0 Å². The second-order valence-electron chi connectivity index (χ2n) is 5.38. The van der Waals surface area contributed by atoms with E-state index in [1.165, 1.54) is 4.88 Å². The number of hydrogen-bond acceptors (Lipinski definition) is 4. The molecule has 0 aliphatic carbocycles. The molecule has 1 rings (SSSR count). The van der Waals surface area contributed by atoms with Crippen LogP contribution in [0.3, 0.4) is 0 Å². The highest BCUT2D eigenvalue weighted by Gasteiger charge is 2.18. The van der Waals surface area contributed by atoms with Crippen LogP contribution in [0.5, 0.6) is 0 Å². The first kappa shape index (κ1) is 17.1. The molecule has 0 saturated carbocycles. The largest absolute Gasteiger partial charge is 0.355 e. The van der Waals surface area contributed by atoms with Gasteiger partial charge in [0, 0.05) is 46.0 Å². The van der Waals surface area contributed by atoms with Gasteiger partial charge in [0.05, 0.1) is 6.54 Å². The fourth-order valence-electron chi connectivity index (χ4n) is 1.43. The summed E-state index contributed by atoms with van der Waals surface area (Å²) in [6.45, 7) is 9.29. The molecule has 0 amide bonds. The first-order valence-electron chi connectivity index (χ1n) is 6.57. The lowest BCUT2D eigenvalue weighted by molar-refractivity contribution is 0.647. The van der Waals surface area contributed by atoms with Crippen LogP contribution in [0.25, 0.3) is 0 Å². The monoisotopic (exact) mass is 316 g/mol. The summed E-state index contributed by atoms with van der Waals surface area (Å²) >= 11 is 1.67. The van der Waals surface area contributed by atoms with Gasteiger partial charge in [-0.15, -0.1) is 11.3 Å². The molecule has 0 spiro atoms. The van der Waals surface area contributed by atoms with Gasteiger partial charge in [-0.3, -0.25) is 9.20 Å². The fraction of sp³-hybridized carbons (Fsp3) is 0.692. The highest BCUT2D eigenvalue weighted by atomic mass is 32.2. The van der Waals surface area contributed by atoms with E-state index in [-0.39, 0.29) is 4.75 Å². The van der Waals surface area contributed by atoms with E-state index >= 15 is 0 Å². The van der Waals surface area contributed by atoms with Crippen molar-refractivity contribution in [2.45, 2.75) is 39.0 Å². The van der Waals surface area contributed by atoms with Crippen LogP contribution in [0.4, 0.5) is 0 Å². The molecule has 1 heterocycles. The van der Waals surface area contributed by atoms with Crippen LogP contribution in [0.2, 0.25) is 0 Å². The topological polar surface area (TPSA) is 66.4 Å². The second-order valence-corrected chi connectivity index (χ2v) is 9.02. The molecule has 0 aliphatic rings. The summed E-state index contributed by atoms with van der Waals surface area (Å²) in [5.74, 6) is 1.32. The summed E-state index contributed by atoms with van der Waals surface area (Å²) < 4.78 is 11.7. The third-order valence-electron chi connectivity index (χ3n) is 2.56. The highest BCUT2D eigenvalue weighted by Crippen LogP contribution is 2.11. The summed E-state index contributed by atoms with van der Waals surface area (Å²) in [7, 11) is 0.877. The fourth-order valence-corrected chi connectivity index (χ4v) is 3.06. The quantitative estimate of drug-likeness (QED) is 0.640. The number of thiazole rings is 1. The number of rotatable bonds is 5. The lowest BCUT2D eigenvalue weighted by Gasteiger charge is -2.18. The number of aliphatic imine (C=N–C) groups is 1. The van der Waals surface area contributed by atoms with E-state index < -0.39 is 10.8 Å². The van der Waals surface area contributed by atoms with E-state index in [4.69, 9.17) is 0 Å². The summed E-state index contributed by atoms with van der Waals surface area (Å²) in [6.07, 6.45) is 1.87. The van der Waals surface area contributed by atoms with Crippen LogP contribution in [0.15, 0.2) is 11.2 Å². The van der Waals surface area contributed by atoms with Crippen molar-refractivity contribution in [1.82, 2.24) is 15.6 Å².